The summed E-state index contributed by atoms with van der Waals surface area (Å²) in [6.07, 6.45) is 0. The number of halogens is 1. The van der Waals surface area contributed by atoms with Gasteiger partial charge in [-0.2, -0.15) is 0 Å². The van der Waals surface area contributed by atoms with Crippen LogP contribution in [0.4, 0.5) is 10.1 Å². The minimum Gasteiger partial charge on any atom is -0.335 e. The summed E-state index contributed by atoms with van der Waals surface area (Å²) in [5.74, 6) is -1.03. The lowest BCUT2D eigenvalue weighted by Gasteiger charge is -2.21. The van der Waals surface area contributed by atoms with Crippen molar-refractivity contribution in [2.75, 3.05) is 11.9 Å². The molecule has 0 saturated carbocycles. The van der Waals surface area contributed by atoms with Crippen molar-refractivity contribution in [1.82, 2.24) is 4.90 Å². The molecule has 3 rings (SSSR count). The zero-order chi connectivity index (χ0) is 19.9. The molecular formula is C23H21FN2O2. The number of carbonyl (C=O) groups is 2. The normalized spacial score (nSPS) is 10.4. The fourth-order valence-corrected chi connectivity index (χ4v) is 2.83. The topological polar surface area (TPSA) is 49.4 Å². The van der Waals surface area contributed by atoms with Gasteiger partial charge in [0.2, 0.25) is 0 Å². The molecule has 3 aromatic carbocycles. The highest BCUT2D eigenvalue weighted by Crippen LogP contribution is 2.15. The molecule has 2 amide bonds. The van der Waals surface area contributed by atoms with E-state index in [0.29, 0.717) is 24.2 Å². The van der Waals surface area contributed by atoms with Gasteiger partial charge in [0.1, 0.15) is 5.82 Å². The molecule has 0 unspecified atom stereocenters. The molecule has 0 heterocycles. The Morgan fingerprint density at radius 3 is 2.11 bits per heavy atom. The SMILES string of the molecule is CCN(Cc1ccccc1)C(=O)c1ccc(C(=O)Nc2ccccc2F)cc1. The molecule has 1 N–H and O–H groups in total. The Morgan fingerprint density at radius 2 is 1.46 bits per heavy atom. The monoisotopic (exact) mass is 376 g/mol. The maximum Gasteiger partial charge on any atom is 0.255 e. The number of para-hydroxylation sites is 1. The molecule has 0 spiro atoms. The van der Waals surface area contributed by atoms with Gasteiger partial charge in [-0.3, -0.25) is 9.59 Å². The molecule has 0 saturated heterocycles. The average molecular weight is 376 g/mol. The van der Waals surface area contributed by atoms with Gasteiger partial charge in [-0.1, -0.05) is 42.5 Å². The largest absolute Gasteiger partial charge is 0.335 e. The van der Waals surface area contributed by atoms with Crippen molar-refractivity contribution in [2.24, 2.45) is 0 Å². The third kappa shape index (κ3) is 4.62. The van der Waals surface area contributed by atoms with E-state index in [-0.39, 0.29) is 11.6 Å². The minimum absolute atomic E-state index is 0.104. The van der Waals surface area contributed by atoms with Crippen molar-refractivity contribution in [3.05, 3.63) is 101 Å². The van der Waals surface area contributed by atoms with Gasteiger partial charge in [-0.05, 0) is 48.9 Å². The lowest BCUT2D eigenvalue weighted by atomic mass is 10.1. The summed E-state index contributed by atoms with van der Waals surface area (Å²) in [5.41, 5.74) is 2.03. The molecule has 0 atom stereocenters. The highest BCUT2D eigenvalue weighted by Gasteiger charge is 2.16. The molecule has 3 aromatic rings. The van der Waals surface area contributed by atoms with E-state index in [1.807, 2.05) is 37.3 Å². The van der Waals surface area contributed by atoms with Gasteiger partial charge >= 0.3 is 0 Å². The number of hydrogen-bond donors (Lipinski definition) is 1. The van der Waals surface area contributed by atoms with Crippen molar-refractivity contribution >= 4 is 17.5 Å². The Labute approximate surface area is 163 Å². The predicted octanol–water partition coefficient (Wildman–Crippen LogP) is 4.74. The van der Waals surface area contributed by atoms with Crippen LogP contribution in [0.2, 0.25) is 0 Å². The highest BCUT2D eigenvalue weighted by molar-refractivity contribution is 6.05. The maximum atomic E-state index is 13.7. The first-order chi connectivity index (χ1) is 13.6. The third-order valence-corrected chi connectivity index (χ3v) is 4.40. The first-order valence-electron chi connectivity index (χ1n) is 9.07. The smallest absolute Gasteiger partial charge is 0.255 e. The molecule has 0 radical (unpaired) electrons. The van der Waals surface area contributed by atoms with Gasteiger partial charge in [0.15, 0.2) is 0 Å². The van der Waals surface area contributed by atoms with Crippen LogP contribution in [-0.4, -0.2) is 23.3 Å². The maximum absolute atomic E-state index is 13.7. The van der Waals surface area contributed by atoms with E-state index < -0.39 is 11.7 Å². The average Bonchev–Trinajstić information content (AvgIpc) is 2.74. The van der Waals surface area contributed by atoms with E-state index in [2.05, 4.69) is 5.32 Å². The van der Waals surface area contributed by atoms with Crippen molar-refractivity contribution in [2.45, 2.75) is 13.5 Å². The number of hydrogen-bond acceptors (Lipinski definition) is 2. The Morgan fingerprint density at radius 1 is 0.857 bits per heavy atom. The molecule has 4 nitrogen and oxygen atoms in total. The molecular weight excluding hydrogens is 355 g/mol. The standard InChI is InChI=1S/C23H21FN2O2/c1-2-26(16-17-8-4-3-5-9-17)23(28)19-14-12-18(13-15-19)22(27)25-21-11-7-6-10-20(21)24/h3-15H,2,16H2,1H3,(H,25,27). The first-order valence-corrected chi connectivity index (χ1v) is 9.07. The van der Waals surface area contributed by atoms with Gasteiger partial charge < -0.3 is 10.2 Å². The highest BCUT2D eigenvalue weighted by atomic mass is 19.1. The van der Waals surface area contributed by atoms with Gasteiger partial charge in [-0.15, -0.1) is 0 Å². The van der Waals surface area contributed by atoms with E-state index >= 15 is 0 Å². The molecule has 0 fully saturated rings. The van der Waals surface area contributed by atoms with Crippen LogP contribution in [0, 0.1) is 5.82 Å². The Bertz CT molecular complexity index is 956. The number of nitrogens with one attached hydrogen (secondary N) is 1. The van der Waals surface area contributed by atoms with E-state index in [1.165, 1.54) is 12.1 Å². The molecule has 142 valence electrons. The van der Waals surface area contributed by atoms with Crippen LogP contribution in [0.1, 0.15) is 33.2 Å². The van der Waals surface area contributed by atoms with Crippen LogP contribution >= 0.6 is 0 Å². The van der Waals surface area contributed by atoms with Crippen molar-refractivity contribution < 1.29 is 14.0 Å². The quantitative estimate of drug-likeness (QED) is 0.675. The Hall–Kier alpha value is -3.47. The molecule has 0 aromatic heterocycles. The zero-order valence-electron chi connectivity index (χ0n) is 15.6. The van der Waals surface area contributed by atoms with Gasteiger partial charge in [0.05, 0.1) is 5.69 Å². The third-order valence-electron chi connectivity index (χ3n) is 4.40. The zero-order valence-corrected chi connectivity index (χ0v) is 15.6. The lowest BCUT2D eigenvalue weighted by molar-refractivity contribution is 0.0752. The number of benzene rings is 3. The first kappa shape index (κ1) is 19.3. The van der Waals surface area contributed by atoms with Gasteiger partial charge in [-0.25, -0.2) is 4.39 Å². The molecule has 0 aliphatic carbocycles. The van der Waals surface area contributed by atoms with E-state index in [9.17, 15) is 14.0 Å². The number of rotatable bonds is 6. The molecule has 0 aliphatic rings. The predicted molar refractivity (Wildman–Crippen MR) is 108 cm³/mol. The van der Waals surface area contributed by atoms with Crippen molar-refractivity contribution in [3.8, 4) is 0 Å². The summed E-state index contributed by atoms with van der Waals surface area (Å²) in [4.78, 5) is 26.8. The van der Waals surface area contributed by atoms with Crippen LogP contribution in [-0.2, 0) is 6.54 Å². The number of carbonyl (C=O) groups excluding carboxylic acids is 2. The molecule has 0 bridgehead atoms. The summed E-state index contributed by atoms with van der Waals surface area (Å²) in [5, 5.41) is 2.53. The fraction of sp³-hybridized carbons (Fsp3) is 0.130. The Balaban J connectivity index is 1.69. The lowest BCUT2D eigenvalue weighted by Crippen LogP contribution is -2.30. The van der Waals surface area contributed by atoms with E-state index in [0.717, 1.165) is 5.56 Å². The fourth-order valence-electron chi connectivity index (χ4n) is 2.83. The van der Waals surface area contributed by atoms with Crippen LogP contribution in [0.5, 0.6) is 0 Å². The van der Waals surface area contributed by atoms with Crippen LogP contribution in [0.3, 0.4) is 0 Å². The van der Waals surface area contributed by atoms with Gasteiger partial charge in [0.25, 0.3) is 11.8 Å². The second kappa shape index (κ2) is 8.95. The summed E-state index contributed by atoms with van der Waals surface area (Å²) in [6.45, 7) is 3.02. The number of amides is 2. The summed E-state index contributed by atoms with van der Waals surface area (Å²) >= 11 is 0. The van der Waals surface area contributed by atoms with Crippen LogP contribution in [0.25, 0.3) is 0 Å². The van der Waals surface area contributed by atoms with E-state index in [1.54, 1.807) is 41.3 Å². The van der Waals surface area contributed by atoms with Crippen molar-refractivity contribution in [3.63, 3.8) is 0 Å². The van der Waals surface area contributed by atoms with Crippen LogP contribution in [0.15, 0.2) is 78.9 Å². The van der Waals surface area contributed by atoms with Crippen molar-refractivity contribution in [1.29, 1.82) is 0 Å². The molecule has 0 aliphatic heterocycles. The second-order valence-electron chi connectivity index (χ2n) is 6.32. The summed E-state index contributed by atoms with van der Waals surface area (Å²) in [6, 6.07) is 22.1. The summed E-state index contributed by atoms with van der Waals surface area (Å²) < 4.78 is 13.7. The second-order valence-corrected chi connectivity index (χ2v) is 6.32. The van der Waals surface area contributed by atoms with Crippen LogP contribution < -0.4 is 5.32 Å². The summed E-state index contributed by atoms with van der Waals surface area (Å²) in [7, 11) is 0. The number of nitrogens with zero attached hydrogens (tertiary/aromatic N) is 1. The molecule has 5 heteroatoms. The minimum atomic E-state index is -0.498. The molecule has 28 heavy (non-hydrogen) atoms. The number of anilines is 1. The Kier molecular flexibility index (Phi) is 6.17. The van der Waals surface area contributed by atoms with Gasteiger partial charge in [0, 0.05) is 24.2 Å². The van der Waals surface area contributed by atoms with E-state index in [4.69, 9.17) is 0 Å².